The highest BCUT2D eigenvalue weighted by molar-refractivity contribution is 5.60. The summed E-state index contributed by atoms with van der Waals surface area (Å²) in [6.45, 7) is 2.01. The van der Waals surface area contributed by atoms with Gasteiger partial charge in [-0.15, -0.1) is 0 Å². The van der Waals surface area contributed by atoms with E-state index in [1.54, 1.807) is 24.3 Å². The topological polar surface area (TPSA) is 59.2 Å². The van der Waals surface area contributed by atoms with E-state index in [9.17, 15) is 5.11 Å². The van der Waals surface area contributed by atoms with Crippen molar-refractivity contribution in [3.63, 3.8) is 0 Å². The SMILES string of the molecule is Cc1cccc(-c2nc(-c3ccc(O)cc3)no2)c1. The third-order valence-corrected chi connectivity index (χ3v) is 2.82. The van der Waals surface area contributed by atoms with Crippen molar-refractivity contribution in [2.24, 2.45) is 0 Å². The molecule has 0 unspecified atom stereocenters. The molecular formula is C15H12N2O2. The van der Waals surface area contributed by atoms with Crippen LogP contribution in [0.15, 0.2) is 53.1 Å². The predicted octanol–water partition coefficient (Wildman–Crippen LogP) is 3.42. The number of nitrogens with zero attached hydrogens (tertiary/aromatic N) is 2. The zero-order valence-corrected chi connectivity index (χ0v) is 10.4. The molecule has 19 heavy (non-hydrogen) atoms. The quantitative estimate of drug-likeness (QED) is 0.759. The van der Waals surface area contributed by atoms with E-state index in [4.69, 9.17) is 4.52 Å². The van der Waals surface area contributed by atoms with Crippen molar-refractivity contribution in [1.82, 2.24) is 10.1 Å². The number of aryl methyl sites for hydroxylation is 1. The van der Waals surface area contributed by atoms with Crippen LogP contribution in [0.25, 0.3) is 22.8 Å². The lowest BCUT2D eigenvalue weighted by atomic mass is 10.1. The summed E-state index contributed by atoms with van der Waals surface area (Å²) in [7, 11) is 0. The molecule has 0 amide bonds. The fourth-order valence-electron chi connectivity index (χ4n) is 1.85. The van der Waals surface area contributed by atoms with E-state index in [0.29, 0.717) is 11.7 Å². The van der Waals surface area contributed by atoms with Crippen molar-refractivity contribution in [2.45, 2.75) is 6.92 Å². The Morgan fingerprint density at radius 3 is 2.53 bits per heavy atom. The van der Waals surface area contributed by atoms with Gasteiger partial charge in [-0.05, 0) is 43.3 Å². The molecule has 0 aliphatic rings. The Balaban J connectivity index is 1.97. The van der Waals surface area contributed by atoms with Gasteiger partial charge in [0.2, 0.25) is 5.82 Å². The Morgan fingerprint density at radius 1 is 1.00 bits per heavy atom. The van der Waals surface area contributed by atoms with Crippen molar-refractivity contribution in [3.8, 4) is 28.6 Å². The summed E-state index contributed by atoms with van der Waals surface area (Å²) < 4.78 is 5.27. The van der Waals surface area contributed by atoms with Crippen LogP contribution >= 0.6 is 0 Å². The number of aromatic hydroxyl groups is 1. The summed E-state index contributed by atoms with van der Waals surface area (Å²) >= 11 is 0. The highest BCUT2D eigenvalue weighted by Gasteiger charge is 2.10. The summed E-state index contributed by atoms with van der Waals surface area (Å²) in [4.78, 5) is 4.36. The molecular weight excluding hydrogens is 240 g/mol. The molecule has 94 valence electrons. The second-order valence-electron chi connectivity index (χ2n) is 4.34. The van der Waals surface area contributed by atoms with Gasteiger partial charge < -0.3 is 9.63 Å². The minimum atomic E-state index is 0.214. The minimum Gasteiger partial charge on any atom is -0.508 e. The molecule has 4 nitrogen and oxygen atoms in total. The van der Waals surface area contributed by atoms with E-state index in [1.165, 1.54) is 0 Å². The summed E-state index contributed by atoms with van der Waals surface area (Å²) in [6, 6.07) is 14.6. The number of hydrogen-bond donors (Lipinski definition) is 1. The maximum Gasteiger partial charge on any atom is 0.258 e. The second-order valence-corrected chi connectivity index (χ2v) is 4.34. The van der Waals surface area contributed by atoms with Gasteiger partial charge in [-0.3, -0.25) is 0 Å². The summed E-state index contributed by atoms with van der Waals surface area (Å²) in [5.41, 5.74) is 2.85. The van der Waals surface area contributed by atoms with Crippen LogP contribution in [0.1, 0.15) is 5.56 Å². The molecule has 0 saturated carbocycles. The number of phenols is 1. The van der Waals surface area contributed by atoms with Gasteiger partial charge in [0.25, 0.3) is 5.89 Å². The highest BCUT2D eigenvalue weighted by atomic mass is 16.5. The van der Waals surface area contributed by atoms with Crippen LogP contribution in [0, 0.1) is 6.92 Å². The first kappa shape index (κ1) is 11.5. The lowest BCUT2D eigenvalue weighted by Crippen LogP contribution is -1.81. The van der Waals surface area contributed by atoms with Gasteiger partial charge in [0.05, 0.1) is 0 Å². The molecule has 3 rings (SSSR count). The Bertz CT molecular complexity index is 702. The van der Waals surface area contributed by atoms with Crippen molar-refractivity contribution >= 4 is 0 Å². The van der Waals surface area contributed by atoms with Crippen molar-refractivity contribution in [1.29, 1.82) is 0 Å². The molecule has 0 radical (unpaired) electrons. The third-order valence-electron chi connectivity index (χ3n) is 2.82. The standard InChI is InChI=1S/C15H12N2O2/c1-10-3-2-4-12(9-10)15-16-14(17-19-15)11-5-7-13(18)8-6-11/h2-9,18H,1H3. The first-order chi connectivity index (χ1) is 9.22. The first-order valence-corrected chi connectivity index (χ1v) is 5.92. The van der Waals surface area contributed by atoms with Crippen LogP contribution in [0.4, 0.5) is 0 Å². The maximum absolute atomic E-state index is 9.25. The van der Waals surface area contributed by atoms with Crippen LogP contribution < -0.4 is 0 Å². The molecule has 0 saturated heterocycles. The molecule has 0 fully saturated rings. The van der Waals surface area contributed by atoms with Crippen LogP contribution in [-0.2, 0) is 0 Å². The number of hydrogen-bond acceptors (Lipinski definition) is 4. The zero-order valence-electron chi connectivity index (χ0n) is 10.4. The average Bonchev–Trinajstić information content (AvgIpc) is 2.89. The van der Waals surface area contributed by atoms with Crippen LogP contribution in [0.3, 0.4) is 0 Å². The first-order valence-electron chi connectivity index (χ1n) is 5.92. The molecule has 0 bridgehead atoms. The maximum atomic E-state index is 9.25. The van der Waals surface area contributed by atoms with Crippen molar-refractivity contribution in [2.75, 3.05) is 0 Å². The average molecular weight is 252 g/mol. The second kappa shape index (κ2) is 4.57. The highest BCUT2D eigenvalue weighted by Crippen LogP contribution is 2.23. The lowest BCUT2D eigenvalue weighted by molar-refractivity contribution is 0.432. The van der Waals surface area contributed by atoms with E-state index in [-0.39, 0.29) is 5.75 Å². The molecule has 4 heteroatoms. The van der Waals surface area contributed by atoms with Crippen LogP contribution in [0.5, 0.6) is 5.75 Å². The lowest BCUT2D eigenvalue weighted by Gasteiger charge is -1.95. The number of rotatable bonds is 2. The predicted molar refractivity (Wildman–Crippen MR) is 71.6 cm³/mol. The van der Waals surface area contributed by atoms with Gasteiger partial charge in [-0.25, -0.2) is 0 Å². The summed E-state index contributed by atoms with van der Waals surface area (Å²) in [6.07, 6.45) is 0. The molecule has 0 aliphatic carbocycles. The normalized spacial score (nSPS) is 10.6. The molecule has 0 spiro atoms. The van der Waals surface area contributed by atoms with Gasteiger partial charge in [-0.1, -0.05) is 22.9 Å². The summed E-state index contributed by atoms with van der Waals surface area (Å²) in [5, 5.41) is 13.2. The Morgan fingerprint density at radius 2 is 1.79 bits per heavy atom. The van der Waals surface area contributed by atoms with Gasteiger partial charge >= 0.3 is 0 Å². The molecule has 3 aromatic rings. The molecule has 1 aromatic heterocycles. The van der Waals surface area contributed by atoms with Crippen molar-refractivity contribution < 1.29 is 9.63 Å². The molecule has 1 heterocycles. The third kappa shape index (κ3) is 2.33. The smallest absolute Gasteiger partial charge is 0.258 e. The fraction of sp³-hybridized carbons (Fsp3) is 0.0667. The fourth-order valence-corrected chi connectivity index (χ4v) is 1.85. The number of benzene rings is 2. The van der Waals surface area contributed by atoms with Gasteiger partial charge in [0.15, 0.2) is 0 Å². The van der Waals surface area contributed by atoms with E-state index in [1.807, 2.05) is 31.2 Å². The molecule has 0 atom stereocenters. The monoisotopic (exact) mass is 252 g/mol. The molecule has 0 aliphatic heterocycles. The van der Waals surface area contributed by atoms with E-state index < -0.39 is 0 Å². The van der Waals surface area contributed by atoms with E-state index in [2.05, 4.69) is 10.1 Å². The number of phenolic OH excluding ortho intramolecular Hbond substituents is 1. The number of aromatic nitrogens is 2. The van der Waals surface area contributed by atoms with Crippen molar-refractivity contribution in [3.05, 3.63) is 54.1 Å². The minimum absolute atomic E-state index is 0.214. The molecule has 2 aromatic carbocycles. The Kier molecular flexibility index (Phi) is 2.76. The Labute approximate surface area is 110 Å². The molecule has 1 N–H and O–H groups in total. The van der Waals surface area contributed by atoms with Gasteiger partial charge in [-0.2, -0.15) is 4.98 Å². The summed E-state index contributed by atoms with van der Waals surface area (Å²) in [5.74, 6) is 1.22. The van der Waals surface area contributed by atoms with Crippen LogP contribution in [-0.4, -0.2) is 15.2 Å². The van der Waals surface area contributed by atoms with Gasteiger partial charge in [0.1, 0.15) is 5.75 Å². The largest absolute Gasteiger partial charge is 0.508 e. The van der Waals surface area contributed by atoms with E-state index in [0.717, 1.165) is 16.7 Å². The Hall–Kier alpha value is -2.62. The van der Waals surface area contributed by atoms with Crippen LogP contribution in [0.2, 0.25) is 0 Å². The van der Waals surface area contributed by atoms with Gasteiger partial charge in [0, 0.05) is 11.1 Å². The zero-order chi connectivity index (χ0) is 13.2. The van der Waals surface area contributed by atoms with E-state index >= 15 is 0 Å².